The molecule has 0 amide bonds. The van der Waals surface area contributed by atoms with Gasteiger partial charge < -0.3 is 10.2 Å². The summed E-state index contributed by atoms with van der Waals surface area (Å²) in [5.74, 6) is -0.540. The molecular formula is C15H32NaO5S+. The molecule has 7 heteroatoms. The first-order valence-electron chi connectivity index (χ1n) is 8.18. The van der Waals surface area contributed by atoms with Crippen LogP contribution in [0.4, 0.5) is 0 Å². The van der Waals surface area contributed by atoms with Crippen LogP contribution < -0.4 is 29.6 Å². The molecule has 0 spiro atoms. The standard InChI is InChI=1S/C15H32O5S.Na/c1-2-3-4-5-6-7-8-9-10-11-12-20-21(18,19)14-15(17)13-16;/h15-17H,2-14H2,1H3;/q;+1. The summed E-state index contributed by atoms with van der Waals surface area (Å²) in [6.07, 6.45) is 10.5. The molecule has 0 radical (unpaired) electrons. The third-order valence-electron chi connectivity index (χ3n) is 3.37. The van der Waals surface area contributed by atoms with Crippen LogP contribution >= 0.6 is 0 Å². The molecule has 0 heterocycles. The Kier molecular flexibility index (Phi) is 19.0. The van der Waals surface area contributed by atoms with Crippen LogP contribution in [0.15, 0.2) is 0 Å². The number of hydrogen-bond acceptors (Lipinski definition) is 5. The van der Waals surface area contributed by atoms with Gasteiger partial charge in [-0.2, -0.15) is 8.42 Å². The van der Waals surface area contributed by atoms with E-state index in [1.165, 1.54) is 44.9 Å². The van der Waals surface area contributed by atoms with Crippen LogP contribution in [0.1, 0.15) is 71.1 Å². The van der Waals surface area contributed by atoms with E-state index in [4.69, 9.17) is 14.4 Å². The van der Waals surface area contributed by atoms with Crippen molar-refractivity contribution in [1.29, 1.82) is 0 Å². The van der Waals surface area contributed by atoms with Gasteiger partial charge in [0.05, 0.1) is 19.3 Å². The van der Waals surface area contributed by atoms with Crippen LogP contribution in [-0.4, -0.2) is 43.7 Å². The van der Waals surface area contributed by atoms with E-state index in [9.17, 15) is 8.42 Å². The molecule has 1 atom stereocenters. The number of aliphatic hydroxyl groups is 2. The molecule has 0 aliphatic heterocycles. The van der Waals surface area contributed by atoms with Crippen LogP contribution in [0.5, 0.6) is 0 Å². The van der Waals surface area contributed by atoms with E-state index in [0.29, 0.717) is 6.42 Å². The fraction of sp³-hybridized carbons (Fsp3) is 1.00. The van der Waals surface area contributed by atoms with E-state index >= 15 is 0 Å². The molecule has 1 unspecified atom stereocenters. The molecule has 0 bridgehead atoms. The summed E-state index contributed by atoms with van der Waals surface area (Å²) in [5.41, 5.74) is 0. The molecular weight excluding hydrogens is 315 g/mol. The first kappa shape index (κ1) is 25.1. The van der Waals surface area contributed by atoms with E-state index in [1.54, 1.807) is 0 Å². The number of aliphatic hydroxyl groups excluding tert-OH is 2. The molecule has 0 aliphatic rings. The van der Waals surface area contributed by atoms with Crippen LogP contribution in [0.2, 0.25) is 0 Å². The molecule has 0 fully saturated rings. The smallest absolute Gasteiger partial charge is 0.394 e. The van der Waals surface area contributed by atoms with Crippen molar-refractivity contribution in [1.82, 2.24) is 0 Å². The van der Waals surface area contributed by atoms with Gasteiger partial charge in [-0.1, -0.05) is 64.7 Å². The normalized spacial score (nSPS) is 12.9. The van der Waals surface area contributed by atoms with Crippen LogP contribution in [0, 0.1) is 0 Å². The maximum Gasteiger partial charge on any atom is 1.00 e. The monoisotopic (exact) mass is 347 g/mol. The number of unbranched alkanes of at least 4 members (excludes halogenated alkanes) is 9. The summed E-state index contributed by atoms with van der Waals surface area (Å²) in [6.45, 7) is 1.81. The van der Waals surface area contributed by atoms with Gasteiger partial charge in [0.25, 0.3) is 10.1 Å². The van der Waals surface area contributed by atoms with Crippen molar-refractivity contribution in [2.24, 2.45) is 0 Å². The van der Waals surface area contributed by atoms with Gasteiger partial charge in [0.2, 0.25) is 0 Å². The molecule has 0 saturated carbocycles. The minimum Gasteiger partial charge on any atom is -0.394 e. The van der Waals surface area contributed by atoms with Gasteiger partial charge in [-0.3, -0.25) is 4.18 Å². The summed E-state index contributed by atoms with van der Waals surface area (Å²) >= 11 is 0. The largest absolute Gasteiger partial charge is 1.00 e. The number of hydrogen-bond donors (Lipinski definition) is 2. The topological polar surface area (TPSA) is 83.8 Å². The van der Waals surface area contributed by atoms with Crippen molar-refractivity contribution < 1.29 is 52.4 Å². The average molecular weight is 347 g/mol. The SMILES string of the molecule is CCCCCCCCCCCCOS(=O)(=O)CC(O)CO.[Na+]. The first-order chi connectivity index (χ1) is 10.0. The fourth-order valence-electron chi connectivity index (χ4n) is 2.11. The summed E-state index contributed by atoms with van der Waals surface area (Å²) < 4.78 is 27.5. The minimum atomic E-state index is -3.71. The predicted molar refractivity (Wildman–Crippen MR) is 84.7 cm³/mol. The quantitative estimate of drug-likeness (QED) is 0.239. The summed E-state index contributed by atoms with van der Waals surface area (Å²) in [5, 5.41) is 17.6. The third kappa shape index (κ3) is 17.2. The summed E-state index contributed by atoms with van der Waals surface area (Å²) in [7, 11) is -3.71. The molecule has 128 valence electrons. The van der Waals surface area contributed by atoms with Crippen LogP contribution in [0.3, 0.4) is 0 Å². The van der Waals surface area contributed by atoms with Crippen molar-refractivity contribution >= 4 is 10.1 Å². The van der Waals surface area contributed by atoms with E-state index in [1.807, 2.05) is 0 Å². The molecule has 0 aromatic carbocycles. The fourth-order valence-corrected chi connectivity index (χ4v) is 3.16. The molecule has 0 aromatic heterocycles. The molecule has 2 N–H and O–H groups in total. The Balaban J connectivity index is 0. The Labute approximate surface area is 158 Å². The van der Waals surface area contributed by atoms with E-state index in [0.717, 1.165) is 12.8 Å². The molecule has 0 rings (SSSR count). The Hall–Kier alpha value is 0.830. The Morgan fingerprint density at radius 3 is 1.82 bits per heavy atom. The molecule has 0 saturated heterocycles. The van der Waals surface area contributed by atoms with Gasteiger partial charge in [-0.25, -0.2) is 0 Å². The molecule has 0 aliphatic carbocycles. The van der Waals surface area contributed by atoms with Gasteiger partial charge >= 0.3 is 29.6 Å². The van der Waals surface area contributed by atoms with Crippen molar-refractivity contribution in [2.75, 3.05) is 19.0 Å². The molecule has 0 aromatic rings. The van der Waals surface area contributed by atoms with E-state index in [-0.39, 0.29) is 36.2 Å². The van der Waals surface area contributed by atoms with Gasteiger partial charge in [-0.05, 0) is 6.42 Å². The Bertz CT molecular complexity index is 322. The zero-order valence-corrected chi connectivity index (χ0v) is 17.1. The zero-order valence-electron chi connectivity index (χ0n) is 14.3. The second kappa shape index (κ2) is 16.7. The Morgan fingerprint density at radius 1 is 0.909 bits per heavy atom. The second-order valence-electron chi connectivity index (χ2n) is 5.56. The van der Waals surface area contributed by atoms with Crippen molar-refractivity contribution in [3.8, 4) is 0 Å². The minimum absolute atomic E-state index is 0. The van der Waals surface area contributed by atoms with Gasteiger partial charge in [0.15, 0.2) is 0 Å². The predicted octanol–water partition coefficient (Wildman–Crippen LogP) is -0.389. The average Bonchev–Trinajstić information content (AvgIpc) is 2.44. The van der Waals surface area contributed by atoms with Crippen LogP contribution in [-0.2, 0) is 14.3 Å². The summed E-state index contributed by atoms with van der Waals surface area (Å²) in [6, 6.07) is 0. The van der Waals surface area contributed by atoms with E-state index < -0.39 is 28.6 Å². The zero-order chi connectivity index (χ0) is 16.0. The summed E-state index contributed by atoms with van der Waals surface area (Å²) in [4.78, 5) is 0. The Morgan fingerprint density at radius 2 is 1.36 bits per heavy atom. The van der Waals surface area contributed by atoms with Crippen LogP contribution in [0.25, 0.3) is 0 Å². The van der Waals surface area contributed by atoms with Crippen molar-refractivity contribution in [2.45, 2.75) is 77.2 Å². The maximum atomic E-state index is 11.4. The van der Waals surface area contributed by atoms with Gasteiger partial charge in [0.1, 0.15) is 5.75 Å². The first-order valence-corrected chi connectivity index (χ1v) is 9.75. The van der Waals surface area contributed by atoms with Crippen molar-refractivity contribution in [3.05, 3.63) is 0 Å². The number of rotatable bonds is 15. The van der Waals surface area contributed by atoms with E-state index in [2.05, 4.69) is 6.92 Å². The van der Waals surface area contributed by atoms with Gasteiger partial charge in [-0.15, -0.1) is 0 Å². The molecule has 5 nitrogen and oxygen atoms in total. The second-order valence-corrected chi connectivity index (χ2v) is 7.25. The van der Waals surface area contributed by atoms with Crippen molar-refractivity contribution in [3.63, 3.8) is 0 Å². The maximum absolute atomic E-state index is 11.4. The third-order valence-corrected chi connectivity index (χ3v) is 4.69. The molecule has 22 heavy (non-hydrogen) atoms. The van der Waals surface area contributed by atoms with Gasteiger partial charge in [0, 0.05) is 0 Å².